The van der Waals surface area contributed by atoms with Gasteiger partial charge >= 0.3 is 18.6 Å². The third-order valence-electron chi connectivity index (χ3n) is 2.34. The topological polar surface area (TPSA) is 135 Å². The van der Waals surface area contributed by atoms with Gasteiger partial charge < -0.3 is 14.6 Å². The monoisotopic (exact) mass is 343 g/mol. The average molecular weight is 343 g/mol. The molecule has 0 saturated carbocycles. The minimum absolute atomic E-state index is 0. The SMILES string of the molecule is O=S(=O)([O-])[O-].[O-2].[V+4].c1cnc2c(c1)ccc1cccnc12. The molecule has 107 valence electrons. The molecule has 9 heteroatoms. The fourth-order valence-electron chi connectivity index (χ4n) is 1.68. The molecule has 21 heavy (non-hydrogen) atoms. The maximum absolute atomic E-state index is 8.52. The van der Waals surface area contributed by atoms with E-state index < -0.39 is 10.4 Å². The number of aromatic nitrogens is 2. The van der Waals surface area contributed by atoms with E-state index in [2.05, 4.69) is 34.2 Å². The van der Waals surface area contributed by atoms with Crippen LogP contribution in [0.3, 0.4) is 0 Å². The minimum atomic E-state index is -5.17. The first kappa shape index (κ1) is 19.5. The first-order chi connectivity index (χ1) is 8.95. The van der Waals surface area contributed by atoms with Crippen LogP contribution in [0.15, 0.2) is 48.8 Å². The zero-order valence-corrected chi connectivity index (χ0v) is 12.6. The number of benzene rings is 1. The predicted octanol–water partition coefficient (Wildman–Crippen LogP) is 1.32. The summed E-state index contributed by atoms with van der Waals surface area (Å²) < 4.78 is 34.1. The molecule has 0 aliphatic carbocycles. The van der Waals surface area contributed by atoms with Crippen molar-refractivity contribution in [2.24, 2.45) is 0 Å². The standard InChI is InChI=1S/C12H8N2.H2O4S.O.V/c1-3-9-5-6-10-4-2-8-14-12(10)11(9)13-7-1;1-5(2,3)4;;/h1-8H;(H2,1,2,3,4);;/q;;-2;+4/p-2. The van der Waals surface area contributed by atoms with Crippen molar-refractivity contribution in [3.63, 3.8) is 0 Å². The van der Waals surface area contributed by atoms with Crippen LogP contribution in [0, 0.1) is 0 Å². The molecule has 0 amide bonds. The van der Waals surface area contributed by atoms with Crippen LogP contribution >= 0.6 is 0 Å². The Hall–Kier alpha value is -1.55. The van der Waals surface area contributed by atoms with Gasteiger partial charge in [-0.1, -0.05) is 24.3 Å². The second-order valence-corrected chi connectivity index (χ2v) is 4.44. The van der Waals surface area contributed by atoms with Crippen molar-refractivity contribution in [1.82, 2.24) is 9.97 Å². The van der Waals surface area contributed by atoms with E-state index in [0.29, 0.717) is 0 Å². The maximum atomic E-state index is 8.52. The largest absolute Gasteiger partial charge is 4.00 e. The van der Waals surface area contributed by atoms with E-state index in [9.17, 15) is 0 Å². The van der Waals surface area contributed by atoms with Crippen LogP contribution in [0.5, 0.6) is 0 Å². The van der Waals surface area contributed by atoms with Crippen molar-refractivity contribution in [3.8, 4) is 0 Å². The zero-order valence-electron chi connectivity index (χ0n) is 10.4. The van der Waals surface area contributed by atoms with E-state index in [4.69, 9.17) is 17.5 Å². The Labute approximate surface area is 132 Å². The molecule has 1 aromatic carbocycles. The van der Waals surface area contributed by atoms with Crippen molar-refractivity contribution >= 4 is 32.2 Å². The minimum Gasteiger partial charge on any atom is -2.00 e. The fraction of sp³-hybridized carbons (Fsp3) is 0. The molecule has 3 rings (SSSR count). The van der Waals surface area contributed by atoms with Gasteiger partial charge in [-0.2, -0.15) is 0 Å². The molecule has 0 fully saturated rings. The van der Waals surface area contributed by atoms with Gasteiger partial charge in [-0.05, 0) is 12.1 Å². The molecule has 0 spiro atoms. The van der Waals surface area contributed by atoms with Gasteiger partial charge in [0, 0.05) is 33.6 Å². The summed E-state index contributed by atoms with van der Waals surface area (Å²) in [5.41, 5.74) is 1.95. The van der Waals surface area contributed by atoms with Crippen LogP contribution in [0.25, 0.3) is 21.8 Å². The maximum Gasteiger partial charge on any atom is 4.00 e. The molecular weight excluding hydrogens is 335 g/mol. The molecular formula is C12H8N2O5SV. The van der Waals surface area contributed by atoms with Crippen molar-refractivity contribution < 1.29 is 41.6 Å². The van der Waals surface area contributed by atoms with Gasteiger partial charge in [-0.25, -0.2) is 0 Å². The normalized spacial score (nSPS) is 10.0. The molecule has 1 radical (unpaired) electrons. The zero-order chi connectivity index (χ0) is 13.9. The van der Waals surface area contributed by atoms with Crippen LogP contribution < -0.4 is 0 Å². The molecule has 0 bridgehead atoms. The van der Waals surface area contributed by atoms with Gasteiger partial charge in [-0.15, -0.1) is 0 Å². The number of fused-ring (bicyclic) bond motifs is 3. The third-order valence-corrected chi connectivity index (χ3v) is 2.34. The molecule has 0 atom stereocenters. The van der Waals surface area contributed by atoms with E-state index in [1.54, 1.807) is 12.4 Å². The van der Waals surface area contributed by atoms with Crippen LogP contribution in [-0.4, -0.2) is 27.5 Å². The summed E-state index contributed by atoms with van der Waals surface area (Å²) in [4.78, 5) is 8.69. The summed E-state index contributed by atoms with van der Waals surface area (Å²) in [5.74, 6) is 0. The summed E-state index contributed by atoms with van der Waals surface area (Å²) in [6.07, 6.45) is 3.60. The first-order valence-electron chi connectivity index (χ1n) is 5.20. The molecule has 3 aromatic rings. The summed E-state index contributed by atoms with van der Waals surface area (Å²) in [7, 11) is -5.17. The van der Waals surface area contributed by atoms with Crippen LogP contribution in [0.2, 0.25) is 0 Å². The predicted molar refractivity (Wildman–Crippen MR) is 68.2 cm³/mol. The van der Waals surface area contributed by atoms with E-state index >= 15 is 0 Å². The summed E-state index contributed by atoms with van der Waals surface area (Å²) >= 11 is 0. The van der Waals surface area contributed by atoms with E-state index in [1.165, 1.54) is 0 Å². The van der Waals surface area contributed by atoms with Gasteiger partial charge in [-0.3, -0.25) is 18.4 Å². The van der Waals surface area contributed by atoms with Gasteiger partial charge in [0.2, 0.25) is 0 Å². The van der Waals surface area contributed by atoms with Crippen molar-refractivity contribution in [3.05, 3.63) is 48.8 Å². The average Bonchev–Trinajstić information content (AvgIpc) is 2.37. The van der Waals surface area contributed by atoms with Crippen LogP contribution in [-0.2, 0) is 34.4 Å². The number of hydrogen-bond acceptors (Lipinski definition) is 6. The number of rotatable bonds is 0. The summed E-state index contributed by atoms with van der Waals surface area (Å²) in [6.45, 7) is 0. The van der Waals surface area contributed by atoms with Crippen molar-refractivity contribution in [2.75, 3.05) is 0 Å². The fourth-order valence-corrected chi connectivity index (χ4v) is 1.68. The Morgan fingerprint density at radius 3 is 1.48 bits per heavy atom. The van der Waals surface area contributed by atoms with Crippen molar-refractivity contribution in [1.29, 1.82) is 0 Å². The van der Waals surface area contributed by atoms with Gasteiger partial charge in [0.05, 0.1) is 11.0 Å². The van der Waals surface area contributed by atoms with Gasteiger partial charge in [0.15, 0.2) is 0 Å². The summed E-state index contributed by atoms with van der Waals surface area (Å²) in [5, 5.41) is 2.28. The molecule has 0 N–H and O–H groups in total. The van der Waals surface area contributed by atoms with E-state index in [-0.39, 0.29) is 24.0 Å². The Bertz CT molecular complexity index is 763. The van der Waals surface area contributed by atoms with E-state index in [1.807, 2.05) is 12.1 Å². The number of pyridine rings is 2. The first-order valence-corrected chi connectivity index (χ1v) is 6.53. The second-order valence-electron chi connectivity index (χ2n) is 3.62. The molecule has 0 saturated heterocycles. The smallest absolute Gasteiger partial charge is 2.00 e. The molecule has 0 aliphatic rings. The quantitative estimate of drug-likeness (QED) is 0.343. The molecule has 7 nitrogen and oxygen atoms in total. The Kier molecular flexibility index (Phi) is 7.44. The third kappa shape index (κ3) is 5.76. The number of nitrogens with zero attached hydrogens (tertiary/aromatic N) is 2. The van der Waals surface area contributed by atoms with Crippen molar-refractivity contribution in [2.45, 2.75) is 0 Å². The van der Waals surface area contributed by atoms with Crippen LogP contribution in [0.1, 0.15) is 0 Å². The molecule has 0 aliphatic heterocycles. The molecule has 2 aromatic heterocycles. The second kappa shape index (κ2) is 8.03. The van der Waals surface area contributed by atoms with Gasteiger partial charge in [0.1, 0.15) is 0 Å². The molecule has 2 heterocycles. The number of hydrogen-bond donors (Lipinski definition) is 0. The van der Waals surface area contributed by atoms with E-state index in [0.717, 1.165) is 21.8 Å². The Morgan fingerprint density at radius 2 is 1.14 bits per heavy atom. The Balaban J connectivity index is 0.000000507. The van der Waals surface area contributed by atoms with Crippen LogP contribution in [0.4, 0.5) is 0 Å². The Morgan fingerprint density at radius 1 is 0.810 bits per heavy atom. The summed E-state index contributed by atoms with van der Waals surface area (Å²) in [6, 6.07) is 12.1. The van der Waals surface area contributed by atoms with Gasteiger partial charge in [0.25, 0.3) is 0 Å². The molecule has 0 unspecified atom stereocenters.